The molecule has 1 aliphatic carbocycles. The fourth-order valence-corrected chi connectivity index (χ4v) is 2.64. The van der Waals surface area contributed by atoms with E-state index in [9.17, 15) is 5.11 Å². The van der Waals surface area contributed by atoms with E-state index in [-0.39, 0.29) is 12.1 Å². The zero-order chi connectivity index (χ0) is 11.4. The first-order valence-corrected chi connectivity index (χ1v) is 6.68. The predicted octanol–water partition coefficient (Wildman–Crippen LogP) is 2.19. The van der Waals surface area contributed by atoms with Crippen LogP contribution in [0.3, 0.4) is 0 Å². The molecule has 0 amide bonds. The molecular weight excluding hydrogens is 317 g/mol. The quantitative estimate of drug-likeness (QED) is 0.833. The van der Waals surface area contributed by atoms with Gasteiger partial charge in [0.05, 0.1) is 15.7 Å². The number of hydrogen-bond acceptors (Lipinski definition) is 4. The van der Waals surface area contributed by atoms with Crippen molar-refractivity contribution in [2.24, 2.45) is 0 Å². The Balaban J connectivity index is 2.15. The summed E-state index contributed by atoms with van der Waals surface area (Å²) in [5.41, 5.74) is -0.174. The summed E-state index contributed by atoms with van der Waals surface area (Å²) in [6.45, 7) is 0.174. The maximum absolute atomic E-state index is 9.59. The molecule has 1 aromatic rings. The molecule has 1 heterocycles. The molecule has 1 fully saturated rings. The molecule has 88 valence electrons. The molecule has 0 saturated heterocycles. The Morgan fingerprint density at radius 1 is 1.38 bits per heavy atom. The van der Waals surface area contributed by atoms with Crippen molar-refractivity contribution in [2.45, 2.75) is 37.6 Å². The normalized spacial score (nSPS) is 19.4. The molecular formula is C11H16IN3O. The number of rotatable bonds is 3. The van der Waals surface area contributed by atoms with Crippen LogP contribution in [0.4, 0.5) is 5.82 Å². The summed E-state index contributed by atoms with van der Waals surface area (Å²) in [4.78, 5) is 8.19. The van der Waals surface area contributed by atoms with E-state index in [2.05, 4.69) is 37.9 Å². The Bertz CT molecular complexity index is 353. The van der Waals surface area contributed by atoms with Gasteiger partial charge in [0.2, 0.25) is 0 Å². The monoisotopic (exact) mass is 333 g/mol. The zero-order valence-corrected chi connectivity index (χ0v) is 11.3. The minimum absolute atomic E-state index is 0.174. The number of aliphatic hydroxyl groups excluding tert-OH is 1. The van der Waals surface area contributed by atoms with Crippen LogP contribution in [0.2, 0.25) is 0 Å². The van der Waals surface area contributed by atoms with Crippen LogP contribution >= 0.6 is 22.6 Å². The molecule has 0 aromatic carbocycles. The van der Waals surface area contributed by atoms with Crippen molar-refractivity contribution in [2.75, 3.05) is 11.9 Å². The number of aromatic nitrogens is 2. The average Bonchev–Trinajstić information content (AvgIpc) is 2.33. The Labute approximate surface area is 109 Å². The molecule has 1 aromatic heterocycles. The first kappa shape index (κ1) is 12.0. The first-order chi connectivity index (χ1) is 7.76. The Hall–Kier alpha value is -0.430. The molecule has 0 spiro atoms. The number of halogens is 1. The number of hydrogen-bond donors (Lipinski definition) is 2. The molecule has 0 atom stereocenters. The lowest BCUT2D eigenvalue weighted by Gasteiger charge is -2.37. The van der Waals surface area contributed by atoms with E-state index >= 15 is 0 Å². The van der Waals surface area contributed by atoms with Crippen molar-refractivity contribution in [3.63, 3.8) is 0 Å². The van der Waals surface area contributed by atoms with Crippen LogP contribution in [0.25, 0.3) is 0 Å². The minimum Gasteiger partial charge on any atom is -0.394 e. The highest BCUT2D eigenvalue weighted by Gasteiger charge is 2.31. The second-order valence-electron chi connectivity index (χ2n) is 4.34. The molecule has 1 aliphatic rings. The summed E-state index contributed by atoms with van der Waals surface area (Å²) >= 11 is 2.21. The summed E-state index contributed by atoms with van der Waals surface area (Å²) in [6, 6.07) is 0. The van der Waals surface area contributed by atoms with Crippen molar-refractivity contribution < 1.29 is 5.11 Å². The third-order valence-electron chi connectivity index (χ3n) is 3.16. The largest absolute Gasteiger partial charge is 0.394 e. The van der Waals surface area contributed by atoms with Gasteiger partial charge in [-0.2, -0.15) is 0 Å². The fraction of sp³-hybridized carbons (Fsp3) is 0.636. The van der Waals surface area contributed by atoms with Crippen LogP contribution in [0.1, 0.15) is 32.1 Å². The van der Waals surface area contributed by atoms with Crippen molar-refractivity contribution in [1.82, 2.24) is 9.97 Å². The van der Waals surface area contributed by atoms with Crippen LogP contribution in [0, 0.1) is 3.57 Å². The Kier molecular flexibility index (Phi) is 3.96. The van der Waals surface area contributed by atoms with E-state index in [1.807, 2.05) is 0 Å². The van der Waals surface area contributed by atoms with Crippen LogP contribution in [0.5, 0.6) is 0 Å². The predicted molar refractivity (Wildman–Crippen MR) is 71.3 cm³/mol. The number of aliphatic hydroxyl groups is 1. The fourth-order valence-electron chi connectivity index (χ4n) is 2.21. The highest BCUT2D eigenvalue weighted by Crippen LogP contribution is 2.31. The molecule has 2 rings (SSSR count). The lowest BCUT2D eigenvalue weighted by molar-refractivity contribution is 0.172. The first-order valence-electron chi connectivity index (χ1n) is 5.60. The molecule has 0 radical (unpaired) electrons. The summed E-state index contributed by atoms with van der Waals surface area (Å²) in [6.07, 6.45) is 8.98. The zero-order valence-electron chi connectivity index (χ0n) is 9.12. The van der Waals surface area contributed by atoms with Gasteiger partial charge in [-0.05, 0) is 35.4 Å². The van der Waals surface area contributed by atoms with Gasteiger partial charge in [-0.25, -0.2) is 9.97 Å². The van der Waals surface area contributed by atoms with Crippen LogP contribution in [-0.4, -0.2) is 27.2 Å². The van der Waals surface area contributed by atoms with E-state index in [0.29, 0.717) is 0 Å². The molecule has 0 unspecified atom stereocenters. The third kappa shape index (κ3) is 2.63. The van der Waals surface area contributed by atoms with Gasteiger partial charge in [-0.1, -0.05) is 19.3 Å². The smallest absolute Gasteiger partial charge is 0.143 e. The average molecular weight is 333 g/mol. The van der Waals surface area contributed by atoms with Crippen molar-refractivity contribution in [3.05, 3.63) is 16.1 Å². The van der Waals surface area contributed by atoms with Gasteiger partial charge >= 0.3 is 0 Å². The van der Waals surface area contributed by atoms with E-state index in [0.717, 1.165) is 22.2 Å². The van der Waals surface area contributed by atoms with Gasteiger partial charge in [0.15, 0.2) is 0 Å². The van der Waals surface area contributed by atoms with Crippen molar-refractivity contribution in [1.29, 1.82) is 0 Å². The minimum atomic E-state index is -0.174. The van der Waals surface area contributed by atoms with Crippen molar-refractivity contribution in [3.8, 4) is 0 Å². The SMILES string of the molecule is OCC1(Nc2ncncc2I)CCCCC1. The number of nitrogens with zero attached hydrogens (tertiary/aromatic N) is 2. The van der Waals surface area contributed by atoms with Crippen LogP contribution in [0.15, 0.2) is 12.5 Å². The maximum Gasteiger partial charge on any atom is 0.143 e. The number of anilines is 1. The van der Waals surface area contributed by atoms with Gasteiger partial charge in [0.1, 0.15) is 12.1 Å². The molecule has 0 aliphatic heterocycles. The van der Waals surface area contributed by atoms with Gasteiger partial charge in [0.25, 0.3) is 0 Å². The molecule has 4 nitrogen and oxygen atoms in total. The van der Waals surface area contributed by atoms with E-state index in [4.69, 9.17) is 0 Å². The van der Waals surface area contributed by atoms with Crippen molar-refractivity contribution >= 4 is 28.4 Å². The highest BCUT2D eigenvalue weighted by atomic mass is 127. The topological polar surface area (TPSA) is 58.0 Å². The summed E-state index contributed by atoms with van der Waals surface area (Å²) in [7, 11) is 0. The summed E-state index contributed by atoms with van der Waals surface area (Å²) in [5.74, 6) is 0.839. The molecule has 2 N–H and O–H groups in total. The van der Waals surface area contributed by atoms with Gasteiger partial charge in [0, 0.05) is 6.20 Å². The third-order valence-corrected chi connectivity index (χ3v) is 3.95. The summed E-state index contributed by atoms with van der Waals surface area (Å²) in [5, 5.41) is 13.0. The van der Waals surface area contributed by atoms with Gasteiger partial charge in [-0.3, -0.25) is 0 Å². The van der Waals surface area contributed by atoms with E-state index in [1.165, 1.54) is 19.3 Å². The molecule has 1 saturated carbocycles. The molecule has 16 heavy (non-hydrogen) atoms. The van der Waals surface area contributed by atoms with E-state index < -0.39 is 0 Å². The molecule has 0 bridgehead atoms. The maximum atomic E-state index is 9.59. The van der Waals surface area contributed by atoms with E-state index in [1.54, 1.807) is 12.5 Å². The van der Waals surface area contributed by atoms with Gasteiger partial charge < -0.3 is 10.4 Å². The molecule has 5 heteroatoms. The lowest BCUT2D eigenvalue weighted by atomic mass is 9.82. The Morgan fingerprint density at radius 3 is 2.75 bits per heavy atom. The van der Waals surface area contributed by atoms with Gasteiger partial charge in [-0.15, -0.1) is 0 Å². The summed E-state index contributed by atoms with van der Waals surface area (Å²) < 4.78 is 0.999. The lowest BCUT2D eigenvalue weighted by Crippen LogP contribution is -2.44. The second-order valence-corrected chi connectivity index (χ2v) is 5.51. The Morgan fingerprint density at radius 2 is 2.12 bits per heavy atom. The number of nitrogens with one attached hydrogen (secondary N) is 1. The van der Waals surface area contributed by atoms with Crippen LogP contribution in [-0.2, 0) is 0 Å². The standard InChI is InChI=1S/C11H16IN3O/c12-9-6-13-8-14-10(9)15-11(7-16)4-2-1-3-5-11/h6,8,16H,1-5,7H2,(H,13,14,15). The highest BCUT2D eigenvalue weighted by molar-refractivity contribution is 14.1. The second kappa shape index (κ2) is 5.27. The van der Waals surface area contributed by atoms with Crippen LogP contribution < -0.4 is 5.32 Å².